The molecule has 0 bridgehead atoms. The number of carbonyl (C=O) groups excluding carboxylic acids is 1. The molecule has 2 aliphatic rings. The quantitative estimate of drug-likeness (QED) is 0.855. The van der Waals surface area contributed by atoms with Crippen LogP contribution in [0, 0.1) is 0 Å². The lowest BCUT2D eigenvalue weighted by Crippen LogP contribution is -2.40. The van der Waals surface area contributed by atoms with Gasteiger partial charge in [0.2, 0.25) is 0 Å². The first kappa shape index (κ1) is 13.2. The Hall–Kier alpha value is -1.77. The van der Waals surface area contributed by atoms with Gasteiger partial charge < -0.3 is 10.1 Å². The van der Waals surface area contributed by atoms with E-state index >= 15 is 0 Å². The number of nitrogens with one attached hydrogen (secondary N) is 1. The van der Waals surface area contributed by atoms with Crippen molar-refractivity contribution in [3.05, 3.63) is 47.7 Å². The molecular weight excluding hydrogens is 250 g/mol. The van der Waals surface area contributed by atoms with Gasteiger partial charge in [0.1, 0.15) is 0 Å². The zero-order chi connectivity index (χ0) is 14.0. The van der Waals surface area contributed by atoms with Crippen molar-refractivity contribution in [1.29, 1.82) is 0 Å². The third-order valence-electron chi connectivity index (χ3n) is 4.38. The summed E-state index contributed by atoms with van der Waals surface area (Å²) in [5.41, 5.74) is 1.82. The molecule has 0 amide bonds. The van der Waals surface area contributed by atoms with Crippen molar-refractivity contribution in [3.63, 3.8) is 0 Å². The van der Waals surface area contributed by atoms with E-state index in [1.54, 1.807) is 6.08 Å². The number of esters is 1. The minimum Gasteiger partial charge on any atom is -0.449 e. The Labute approximate surface area is 120 Å². The fourth-order valence-electron chi connectivity index (χ4n) is 3.25. The Morgan fingerprint density at radius 1 is 1.15 bits per heavy atom. The van der Waals surface area contributed by atoms with Crippen molar-refractivity contribution < 1.29 is 9.53 Å². The average molecular weight is 271 g/mol. The third-order valence-corrected chi connectivity index (χ3v) is 4.38. The van der Waals surface area contributed by atoms with Crippen molar-refractivity contribution in [2.24, 2.45) is 0 Å². The van der Waals surface area contributed by atoms with Gasteiger partial charge in [0, 0.05) is 12.1 Å². The van der Waals surface area contributed by atoms with Crippen LogP contribution >= 0.6 is 0 Å². The highest BCUT2D eigenvalue weighted by atomic mass is 16.6. The molecule has 3 nitrogen and oxygen atoms in total. The van der Waals surface area contributed by atoms with Crippen molar-refractivity contribution in [2.75, 3.05) is 0 Å². The van der Waals surface area contributed by atoms with E-state index in [2.05, 4.69) is 24.4 Å². The summed E-state index contributed by atoms with van der Waals surface area (Å²) >= 11 is 0. The Morgan fingerprint density at radius 2 is 1.85 bits per heavy atom. The molecule has 1 heterocycles. The van der Waals surface area contributed by atoms with Crippen LogP contribution < -0.4 is 5.32 Å². The number of rotatable bonds is 3. The summed E-state index contributed by atoms with van der Waals surface area (Å²) < 4.78 is 5.65. The predicted molar refractivity (Wildman–Crippen MR) is 78.0 cm³/mol. The van der Waals surface area contributed by atoms with E-state index in [0.717, 1.165) is 31.4 Å². The minimum absolute atomic E-state index is 0.177. The normalized spacial score (nSPS) is 22.2. The van der Waals surface area contributed by atoms with Crippen LogP contribution in [0.4, 0.5) is 0 Å². The van der Waals surface area contributed by atoms with Crippen LogP contribution in [-0.2, 0) is 9.53 Å². The first-order valence-electron chi connectivity index (χ1n) is 7.46. The maximum absolute atomic E-state index is 11.7. The first-order chi connectivity index (χ1) is 9.70. The molecule has 0 aromatic heterocycles. The van der Waals surface area contributed by atoms with E-state index in [1.807, 2.05) is 18.2 Å². The number of carbonyl (C=O) groups is 1. The zero-order valence-electron chi connectivity index (χ0n) is 11.9. The number of hydrogen-bond acceptors (Lipinski definition) is 3. The third kappa shape index (κ3) is 2.45. The Morgan fingerprint density at radius 3 is 2.55 bits per heavy atom. The maximum Gasteiger partial charge on any atom is 0.333 e. The summed E-state index contributed by atoms with van der Waals surface area (Å²) in [7, 11) is 0. The van der Waals surface area contributed by atoms with Crippen LogP contribution in [0.1, 0.15) is 50.6 Å². The highest BCUT2D eigenvalue weighted by Gasteiger charge is 2.44. The number of ether oxygens (including phenoxy) is 1. The van der Waals surface area contributed by atoms with Gasteiger partial charge in [-0.15, -0.1) is 0 Å². The van der Waals surface area contributed by atoms with Crippen LogP contribution in [0.15, 0.2) is 42.1 Å². The van der Waals surface area contributed by atoms with Crippen LogP contribution in [0.25, 0.3) is 0 Å². The summed E-state index contributed by atoms with van der Waals surface area (Å²) in [6.45, 7) is 2.12. The summed E-state index contributed by atoms with van der Waals surface area (Å²) in [6.07, 6.45) is 7.03. The lowest BCUT2D eigenvalue weighted by Gasteiger charge is -2.36. The second-order valence-electron chi connectivity index (χ2n) is 5.81. The van der Waals surface area contributed by atoms with Gasteiger partial charge in [0.25, 0.3) is 0 Å². The lowest BCUT2D eigenvalue weighted by atomic mass is 9.82. The van der Waals surface area contributed by atoms with Gasteiger partial charge in [-0.25, -0.2) is 4.79 Å². The molecule has 1 aliphatic heterocycles. The second kappa shape index (κ2) is 5.31. The van der Waals surface area contributed by atoms with Gasteiger partial charge in [-0.3, -0.25) is 0 Å². The molecule has 0 radical (unpaired) electrons. The van der Waals surface area contributed by atoms with Gasteiger partial charge in [-0.1, -0.05) is 36.8 Å². The summed E-state index contributed by atoms with van der Waals surface area (Å²) in [5.74, 6) is -0.199. The molecule has 1 saturated carbocycles. The smallest absolute Gasteiger partial charge is 0.333 e. The Kier molecular flexibility index (Phi) is 3.51. The van der Waals surface area contributed by atoms with Gasteiger partial charge >= 0.3 is 5.97 Å². The minimum atomic E-state index is -0.377. The number of hydrogen-bond donors (Lipinski definition) is 1. The molecule has 1 N–H and O–H groups in total. The van der Waals surface area contributed by atoms with E-state index in [1.165, 1.54) is 12.0 Å². The lowest BCUT2D eigenvalue weighted by molar-refractivity contribution is -0.148. The van der Waals surface area contributed by atoms with Crippen molar-refractivity contribution >= 4 is 5.97 Å². The zero-order valence-corrected chi connectivity index (χ0v) is 11.9. The molecule has 1 aliphatic carbocycles. The molecule has 1 spiro atoms. The van der Waals surface area contributed by atoms with Crippen molar-refractivity contribution in [3.8, 4) is 0 Å². The molecule has 3 heteroatoms. The fourth-order valence-corrected chi connectivity index (χ4v) is 3.25. The summed E-state index contributed by atoms with van der Waals surface area (Å²) in [4.78, 5) is 11.7. The predicted octanol–water partition coefficient (Wildman–Crippen LogP) is 3.48. The van der Waals surface area contributed by atoms with Crippen molar-refractivity contribution in [1.82, 2.24) is 5.32 Å². The van der Waals surface area contributed by atoms with E-state index < -0.39 is 0 Å². The van der Waals surface area contributed by atoms with Crippen LogP contribution in [0.5, 0.6) is 0 Å². The molecule has 1 atom stereocenters. The monoisotopic (exact) mass is 271 g/mol. The Bertz CT molecular complexity index is 515. The van der Waals surface area contributed by atoms with Crippen LogP contribution in [0.3, 0.4) is 0 Å². The van der Waals surface area contributed by atoms with Gasteiger partial charge in [-0.05, 0) is 38.2 Å². The molecule has 20 heavy (non-hydrogen) atoms. The highest BCUT2D eigenvalue weighted by Crippen LogP contribution is 2.40. The SMILES string of the molecule is C[C@H](NC1=CC(=O)OC12CCCCC2)c1ccccc1. The molecule has 0 unspecified atom stereocenters. The van der Waals surface area contributed by atoms with Gasteiger partial charge in [-0.2, -0.15) is 0 Å². The molecule has 0 saturated heterocycles. The highest BCUT2D eigenvalue weighted by molar-refractivity contribution is 5.86. The summed E-state index contributed by atoms with van der Waals surface area (Å²) in [5, 5.41) is 3.50. The van der Waals surface area contributed by atoms with E-state index in [0.29, 0.717) is 0 Å². The van der Waals surface area contributed by atoms with E-state index in [9.17, 15) is 4.79 Å². The molecular formula is C17H21NO2. The molecule has 106 valence electrons. The molecule has 1 aromatic carbocycles. The topological polar surface area (TPSA) is 38.3 Å². The Balaban J connectivity index is 1.78. The van der Waals surface area contributed by atoms with E-state index in [4.69, 9.17) is 4.74 Å². The van der Waals surface area contributed by atoms with Crippen molar-refractivity contribution in [2.45, 2.75) is 50.7 Å². The first-order valence-corrected chi connectivity index (χ1v) is 7.46. The average Bonchev–Trinajstić information content (AvgIpc) is 2.76. The molecule has 1 fully saturated rings. The summed E-state index contributed by atoms with van der Waals surface area (Å²) in [6, 6.07) is 10.5. The second-order valence-corrected chi connectivity index (χ2v) is 5.81. The maximum atomic E-state index is 11.7. The molecule has 3 rings (SSSR count). The van der Waals surface area contributed by atoms with Crippen LogP contribution in [-0.4, -0.2) is 11.6 Å². The van der Waals surface area contributed by atoms with Gasteiger partial charge in [0.15, 0.2) is 5.60 Å². The van der Waals surface area contributed by atoms with E-state index in [-0.39, 0.29) is 17.6 Å². The standard InChI is InChI=1S/C17H21NO2/c1-13(14-8-4-2-5-9-14)18-15-12-16(19)20-17(15)10-6-3-7-11-17/h2,4-5,8-9,12-13,18H,3,6-7,10-11H2,1H3/t13-/m0/s1. The largest absolute Gasteiger partial charge is 0.449 e. The van der Waals surface area contributed by atoms with Crippen LogP contribution in [0.2, 0.25) is 0 Å². The fraction of sp³-hybridized carbons (Fsp3) is 0.471. The number of benzene rings is 1. The van der Waals surface area contributed by atoms with Gasteiger partial charge in [0.05, 0.1) is 5.70 Å². The molecule has 1 aromatic rings.